The fourth-order valence-corrected chi connectivity index (χ4v) is 8.27. The molecule has 0 saturated carbocycles. The first kappa shape index (κ1) is 28.2. The largest absolute Gasteiger partial charge is 0.456 e. The summed E-state index contributed by atoms with van der Waals surface area (Å²) in [5, 5.41) is 0.464. The Balaban J connectivity index is 1.37. The van der Waals surface area contributed by atoms with Crippen LogP contribution in [0.1, 0.15) is 46.5 Å². The molecule has 2 bridgehead atoms. The second-order valence-corrected chi connectivity index (χ2v) is 12.9. The molecule has 0 spiro atoms. The average molecular weight is 631 g/mol. The van der Waals surface area contributed by atoms with E-state index in [0.717, 1.165) is 4.90 Å². The lowest BCUT2D eigenvalue weighted by Gasteiger charge is -2.54. The molecule has 0 N–H and O–H groups in total. The van der Waals surface area contributed by atoms with Crippen molar-refractivity contribution in [2.45, 2.75) is 29.6 Å². The number of esters is 1. The summed E-state index contributed by atoms with van der Waals surface area (Å²) < 4.78 is 5.38. The molecule has 1 aliphatic heterocycles. The summed E-state index contributed by atoms with van der Waals surface area (Å²) in [6.07, 6.45) is 0. The minimum Gasteiger partial charge on any atom is -0.456 e. The molecule has 10 heteroatoms. The highest BCUT2D eigenvalue weighted by molar-refractivity contribution is 6.37. The summed E-state index contributed by atoms with van der Waals surface area (Å²) in [5.41, 5.74) is 2.77. The summed E-state index contributed by atoms with van der Waals surface area (Å²) >= 11 is 27.0. The Hall–Kier alpha value is -2.90. The molecule has 41 heavy (non-hydrogen) atoms. The Morgan fingerprint density at radius 2 is 1.29 bits per heavy atom. The van der Waals surface area contributed by atoms with Gasteiger partial charge in [-0.15, -0.1) is 23.2 Å². The van der Waals surface area contributed by atoms with Gasteiger partial charge in [0.05, 0.1) is 16.9 Å². The third-order valence-electron chi connectivity index (χ3n) is 8.35. The number of hydrogen-bond acceptors (Lipinski definition) is 5. The first-order valence-corrected chi connectivity index (χ1v) is 14.5. The lowest BCUT2D eigenvalue weighted by molar-refractivity contribution is -0.160. The lowest BCUT2D eigenvalue weighted by atomic mass is 9.54. The molecule has 3 aliphatic carbocycles. The average Bonchev–Trinajstić information content (AvgIpc) is 3.21. The van der Waals surface area contributed by atoms with Crippen molar-refractivity contribution in [3.63, 3.8) is 0 Å². The number of ketones is 1. The lowest BCUT2D eigenvalue weighted by Crippen LogP contribution is -2.57. The van der Waals surface area contributed by atoms with E-state index in [-0.39, 0.29) is 10.6 Å². The zero-order chi connectivity index (χ0) is 29.4. The number of halogens is 4. The number of alkyl halides is 2. The molecular weight excluding hydrogens is 608 g/mol. The van der Waals surface area contributed by atoms with Crippen LogP contribution in [0.4, 0.5) is 0 Å². The number of ether oxygens (including phenoxy) is 1. The SMILES string of the molecule is CC(C)[C@@H](C(=O)OCC(=O)c1ccc(Cl)cc1Cl)N1C(=O)[C@@H]2[C@H](C1=O)C1(Cl)c3ccccc3C2(Cl)c2ccccc21. The van der Waals surface area contributed by atoms with Crippen LogP contribution in [0, 0.1) is 17.8 Å². The maximum Gasteiger partial charge on any atom is 0.330 e. The van der Waals surface area contributed by atoms with Crippen molar-refractivity contribution in [2.24, 2.45) is 17.8 Å². The summed E-state index contributed by atoms with van der Waals surface area (Å²) in [6, 6.07) is 17.6. The van der Waals surface area contributed by atoms with Gasteiger partial charge in [-0.25, -0.2) is 4.79 Å². The van der Waals surface area contributed by atoms with Gasteiger partial charge < -0.3 is 4.74 Å². The highest BCUT2D eigenvalue weighted by atomic mass is 35.5. The minimum atomic E-state index is -1.37. The van der Waals surface area contributed by atoms with Gasteiger partial charge in [-0.05, 0) is 46.4 Å². The molecule has 7 rings (SSSR count). The van der Waals surface area contributed by atoms with Gasteiger partial charge in [-0.2, -0.15) is 0 Å². The van der Waals surface area contributed by atoms with Crippen LogP contribution in [-0.2, 0) is 28.9 Å². The molecule has 2 amide bonds. The van der Waals surface area contributed by atoms with Gasteiger partial charge in [-0.3, -0.25) is 19.3 Å². The van der Waals surface area contributed by atoms with Crippen molar-refractivity contribution >= 4 is 70.0 Å². The Kier molecular flexibility index (Phi) is 6.77. The van der Waals surface area contributed by atoms with Crippen molar-refractivity contribution in [1.82, 2.24) is 4.90 Å². The Morgan fingerprint density at radius 3 is 1.71 bits per heavy atom. The van der Waals surface area contributed by atoms with Crippen molar-refractivity contribution < 1.29 is 23.9 Å². The van der Waals surface area contributed by atoms with E-state index in [1.54, 1.807) is 13.8 Å². The molecule has 1 heterocycles. The van der Waals surface area contributed by atoms with Crippen LogP contribution in [0.2, 0.25) is 10.0 Å². The van der Waals surface area contributed by atoms with E-state index in [2.05, 4.69) is 0 Å². The zero-order valence-electron chi connectivity index (χ0n) is 21.9. The van der Waals surface area contributed by atoms with Crippen molar-refractivity contribution in [3.05, 3.63) is 105 Å². The highest BCUT2D eigenvalue weighted by Gasteiger charge is 2.74. The second-order valence-electron chi connectivity index (χ2n) is 10.9. The molecule has 1 fully saturated rings. The Bertz CT molecular complexity index is 1530. The first-order chi connectivity index (χ1) is 19.4. The Labute approximate surface area is 256 Å². The topological polar surface area (TPSA) is 80.8 Å². The van der Waals surface area contributed by atoms with Gasteiger partial charge in [0.15, 0.2) is 6.61 Å². The van der Waals surface area contributed by atoms with Crippen LogP contribution in [0.5, 0.6) is 0 Å². The summed E-state index contributed by atoms with van der Waals surface area (Å²) in [7, 11) is 0. The smallest absolute Gasteiger partial charge is 0.330 e. The second kappa shape index (κ2) is 9.84. The van der Waals surface area contributed by atoms with Crippen molar-refractivity contribution in [1.29, 1.82) is 0 Å². The molecule has 6 nitrogen and oxygen atoms in total. The van der Waals surface area contributed by atoms with Gasteiger partial charge >= 0.3 is 5.97 Å². The number of Topliss-reactive ketones (excluding diaryl/α,β-unsaturated/α-hetero) is 1. The van der Waals surface area contributed by atoms with E-state index >= 15 is 0 Å². The number of carbonyl (C=O) groups is 4. The molecule has 0 radical (unpaired) electrons. The van der Waals surface area contributed by atoms with Crippen LogP contribution in [0.3, 0.4) is 0 Å². The molecule has 0 aromatic heterocycles. The standard InChI is InChI=1S/C31H23Cl4NO5/c1-15(2)26(29(40)41-14-23(37)17-12-11-16(32)13-22(17)33)36-27(38)24-25(28(36)39)31(35)19-8-4-3-7-18(19)30(24,34)20-9-5-6-10-21(20)31/h3-13,15,24-26H,14H2,1-2H3/t24-,25+,26-,30?,31?/m0/s1. The van der Waals surface area contributed by atoms with Crippen molar-refractivity contribution in [3.8, 4) is 0 Å². The van der Waals surface area contributed by atoms with E-state index in [0.29, 0.717) is 27.3 Å². The highest BCUT2D eigenvalue weighted by Crippen LogP contribution is 2.69. The normalized spacial score (nSPS) is 26.5. The molecule has 1 saturated heterocycles. The number of amides is 2. The third kappa shape index (κ3) is 3.84. The summed E-state index contributed by atoms with van der Waals surface area (Å²) in [5.74, 6) is -5.31. The van der Waals surface area contributed by atoms with Gasteiger partial charge in [0, 0.05) is 10.6 Å². The number of imide groups is 1. The predicted octanol–water partition coefficient (Wildman–Crippen LogP) is 6.34. The number of benzene rings is 3. The number of likely N-dealkylation sites (tertiary alicyclic amines) is 1. The molecule has 3 atom stereocenters. The predicted molar refractivity (Wildman–Crippen MR) is 155 cm³/mol. The van der Waals surface area contributed by atoms with Crippen LogP contribution in [-0.4, -0.2) is 41.1 Å². The maximum absolute atomic E-state index is 14.3. The van der Waals surface area contributed by atoms with Crippen molar-refractivity contribution in [2.75, 3.05) is 6.61 Å². The van der Waals surface area contributed by atoms with Crippen LogP contribution < -0.4 is 0 Å². The number of carbonyl (C=O) groups excluding carboxylic acids is 4. The molecule has 210 valence electrons. The van der Waals surface area contributed by atoms with E-state index in [9.17, 15) is 19.2 Å². The van der Waals surface area contributed by atoms with Crippen LogP contribution >= 0.6 is 46.4 Å². The van der Waals surface area contributed by atoms with Gasteiger partial charge in [0.25, 0.3) is 0 Å². The quantitative estimate of drug-likeness (QED) is 0.137. The monoisotopic (exact) mass is 629 g/mol. The molecule has 3 aromatic rings. The number of nitrogens with zero attached hydrogens (tertiary/aromatic N) is 1. The molecule has 0 unspecified atom stereocenters. The third-order valence-corrected chi connectivity index (χ3v) is 10.2. The zero-order valence-corrected chi connectivity index (χ0v) is 24.9. The Morgan fingerprint density at radius 1 is 0.829 bits per heavy atom. The van der Waals surface area contributed by atoms with Crippen LogP contribution in [0.15, 0.2) is 66.7 Å². The summed E-state index contributed by atoms with van der Waals surface area (Å²) in [4.78, 5) is 53.0. The van der Waals surface area contributed by atoms with E-state index in [1.807, 2.05) is 48.5 Å². The summed E-state index contributed by atoms with van der Waals surface area (Å²) in [6.45, 7) is 2.75. The van der Waals surface area contributed by atoms with Gasteiger partial charge in [0.1, 0.15) is 15.8 Å². The fourth-order valence-electron chi connectivity index (χ4n) is 6.65. The van der Waals surface area contributed by atoms with Gasteiger partial charge in [-0.1, -0.05) is 85.6 Å². The maximum atomic E-state index is 14.3. The molecule has 4 aliphatic rings. The minimum absolute atomic E-state index is 0.113. The van der Waals surface area contributed by atoms with Gasteiger partial charge in [0.2, 0.25) is 17.6 Å². The molecular formula is C31H23Cl4NO5. The fraction of sp³-hybridized carbons (Fsp3) is 0.290. The van der Waals surface area contributed by atoms with Crippen LogP contribution in [0.25, 0.3) is 0 Å². The van der Waals surface area contributed by atoms with E-state index < -0.39 is 63.7 Å². The number of hydrogen-bond donors (Lipinski definition) is 0. The van der Waals surface area contributed by atoms with E-state index in [4.69, 9.17) is 51.1 Å². The van der Waals surface area contributed by atoms with E-state index in [1.165, 1.54) is 18.2 Å². The first-order valence-electron chi connectivity index (χ1n) is 13.0. The molecule has 3 aromatic carbocycles. The number of rotatable bonds is 6.